The van der Waals surface area contributed by atoms with Crippen LogP contribution in [0.2, 0.25) is 0 Å². The van der Waals surface area contributed by atoms with Crippen molar-refractivity contribution in [3.8, 4) is 17.1 Å². The van der Waals surface area contributed by atoms with Crippen LogP contribution in [0.4, 0.5) is 0 Å². The van der Waals surface area contributed by atoms with Gasteiger partial charge in [0.1, 0.15) is 5.82 Å². The van der Waals surface area contributed by atoms with Crippen LogP contribution < -0.4 is 5.56 Å². The highest BCUT2D eigenvalue weighted by atomic mass is 32.2. The lowest BCUT2D eigenvalue weighted by Crippen LogP contribution is -2.11. The number of hydrogen-bond donors (Lipinski definition) is 1. The van der Waals surface area contributed by atoms with Gasteiger partial charge in [0.15, 0.2) is 11.0 Å². The maximum absolute atomic E-state index is 12.4. The maximum Gasteiger partial charge on any atom is 0.258 e. The van der Waals surface area contributed by atoms with E-state index in [4.69, 9.17) is 0 Å². The Hall–Kier alpha value is -3.71. The first-order valence-electron chi connectivity index (χ1n) is 9.88. The zero-order chi connectivity index (χ0) is 21.2. The molecule has 0 amide bonds. The second-order valence-electron chi connectivity index (χ2n) is 7.16. The minimum atomic E-state index is -0.133. The highest BCUT2D eigenvalue weighted by molar-refractivity contribution is 7.98. The lowest BCUT2D eigenvalue weighted by atomic mass is 10.2. The molecule has 2 aromatic heterocycles. The molecule has 0 fully saturated rings. The number of hydrogen-bond acceptors (Lipinski definition) is 5. The van der Waals surface area contributed by atoms with E-state index in [0.29, 0.717) is 22.5 Å². The van der Waals surface area contributed by atoms with Crippen LogP contribution in [-0.2, 0) is 5.75 Å². The van der Waals surface area contributed by atoms with Gasteiger partial charge in [-0.3, -0.25) is 9.36 Å². The molecule has 7 heteroatoms. The predicted octanol–water partition coefficient (Wildman–Crippen LogP) is 4.77. The van der Waals surface area contributed by atoms with Gasteiger partial charge in [-0.2, -0.15) is 0 Å². The van der Waals surface area contributed by atoms with E-state index in [1.807, 2.05) is 53.1 Å². The van der Waals surface area contributed by atoms with Gasteiger partial charge in [-0.15, -0.1) is 10.2 Å². The molecule has 0 saturated heterocycles. The lowest BCUT2D eigenvalue weighted by molar-refractivity contribution is 0.883. The summed E-state index contributed by atoms with van der Waals surface area (Å²) in [6.45, 7) is 2.06. The summed E-state index contributed by atoms with van der Waals surface area (Å²) in [4.78, 5) is 19.9. The van der Waals surface area contributed by atoms with Crippen LogP contribution in [0.5, 0.6) is 0 Å². The Kier molecular flexibility index (Phi) is 5.09. The van der Waals surface area contributed by atoms with Crippen LogP contribution in [0.15, 0.2) is 88.8 Å². The van der Waals surface area contributed by atoms with Crippen molar-refractivity contribution < 1.29 is 0 Å². The number of fused-ring (bicyclic) bond motifs is 1. The molecular formula is C24H19N5OS. The molecule has 1 N–H and O–H groups in total. The summed E-state index contributed by atoms with van der Waals surface area (Å²) >= 11 is 1.49. The van der Waals surface area contributed by atoms with Crippen molar-refractivity contribution in [2.75, 3.05) is 0 Å². The second kappa shape index (κ2) is 8.20. The molecule has 0 aliphatic rings. The molecule has 3 aromatic carbocycles. The van der Waals surface area contributed by atoms with Crippen molar-refractivity contribution in [2.24, 2.45) is 0 Å². The van der Waals surface area contributed by atoms with Crippen LogP contribution in [0.25, 0.3) is 28.0 Å². The molecule has 152 valence electrons. The Balaban J connectivity index is 1.53. The van der Waals surface area contributed by atoms with Crippen molar-refractivity contribution >= 4 is 22.7 Å². The molecular weight excluding hydrogens is 406 g/mol. The number of aromatic amines is 1. The largest absolute Gasteiger partial charge is 0.309 e. The molecule has 31 heavy (non-hydrogen) atoms. The van der Waals surface area contributed by atoms with E-state index in [9.17, 15) is 4.79 Å². The zero-order valence-electron chi connectivity index (χ0n) is 16.8. The molecule has 0 saturated carbocycles. The van der Waals surface area contributed by atoms with Gasteiger partial charge < -0.3 is 4.98 Å². The number of aryl methyl sites for hydroxylation is 1. The summed E-state index contributed by atoms with van der Waals surface area (Å²) in [5, 5.41) is 10.2. The molecule has 6 nitrogen and oxygen atoms in total. The highest BCUT2D eigenvalue weighted by Crippen LogP contribution is 2.29. The lowest BCUT2D eigenvalue weighted by Gasteiger charge is -2.11. The van der Waals surface area contributed by atoms with E-state index in [1.165, 1.54) is 17.3 Å². The molecule has 0 radical (unpaired) electrons. The Morgan fingerprint density at radius 1 is 0.903 bits per heavy atom. The minimum absolute atomic E-state index is 0.133. The Bertz CT molecular complexity index is 1410. The van der Waals surface area contributed by atoms with Crippen LogP contribution in [-0.4, -0.2) is 24.7 Å². The standard InChI is InChI=1S/C24H19N5OS/c1-16-11-13-18(14-12-16)29-22(17-7-3-2-4-8-17)27-28-24(29)31-15-21-25-20-10-6-5-9-19(20)23(30)26-21/h2-14H,15H2,1H3,(H,25,26,30). The second-order valence-corrected chi connectivity index (χ2v) is 8.10. The fourth-order valence-electron chi connectivity index (χ4n) is 3.40. The molecule has 5 aromatic rings. The van der Waals surface area contributed by atoms with Gasteiger partial charge in [0, 0.05) is 11.3 Å². The van der Waals surface area contributed by atoms with Crippen LogP contribution in [0, 0.1) is 6.92 Å². The fraction of sp³-hybridized carbons (Fsp3) is 0.0833. The van der Waals surface area contributed by atoms with Gasteiger partial charge in [-0.1, -0.05) is 71.9 Å². The number of H-pyrrole nitrogens is 1. The maximum atomic E-state index is 12.4. The van der Waals surface area contributed by atoms with E-state index >= 15 is 0 Å². The summed E-state index contributed by atoms with van der Waals surface area (Å²) in [5.41, 5.74) is 3.71. The molecule has 0 aliphatic carbocycles. The number of aromatic nitrogens is 5. The highest BCUT2D eigenvalue weighted by Gasteiger charge is 2.16. The third-order valence-electron chi connectivity index (χ3n) is 4.96. The Morgan fingerprint density at radius 3 is 2.45 bits per heavy atom. The van der Waals surface area contributed by atoms with Crippen molar-refractivity contribution in [3.05, 3.63) is 101 Å². The number of benzene rings is 3. The number of rotatable bonds is 5. The van der Waals surface area contributed by atoms with E-state index in [1.54, 1.807) is 6.07 Å². The fourth-order valence-corrected chi connectivity index (χ4v) is 4.22. The monoisotopic (exact) mass is 425 g/mol. The van der Waals surface area contributed by atoms with Crippen LogP contribution in [0.1, 0.15) is 11.4 Å². The smallest absolute Gasteiger partial charge is 0.258 e. The van der Waals surface area contributed by atoms with E-state index < -0.39 is 0 Å². The number of thioether (sulfide) groups is 1. The van der Waals surface area contributed by atoms with Crippen molar-refractivity contribution in [1.82, 2.24) is 24.7 Å². The van der Waals surface area contributed by atoms with Gasteiger partial charge in [0.2, 0.25) is 0 Å². The van der Waals surface area contributed by atoms with E-state index in [-0.39, 0.29) is 5.56 Å². The molecule has 5 rings (SSSR count). The molecule has 0 unspecified atom stereocenters. The van der Waals surface area contributed by atoms with Gasteiger partial charge >= 0.3 is 0 Å². The van der Waals surface area contributed by atoms with Gasteiger partial charge in [-0.25, -0.2) is 4.98 Å². The first kappa shape index (κ1) is 19.3. The third-order valence-corrected chi connectivity index (χ3v) is 5.90. The summed E-state index contributed by atoms with van der Waals surface area (Å²) < 4.78 is 2.04. The van der Waals surface area contributed by atoms with E-state index in [2.05, 4.69) is 51.4 Å². The summed E-state index contributed by atoms with van der Waals surface area (Å²) in [6, 6.07) is 25.6. The first-order chi connectivity index (χ1) is 15.2. The molecule has 0 atom stereocenters. The first-order valence-corrected chi connectivity index (χ1v) is 10.9. The van der Waals surface area contributed by atoms with Gasteiger partial charge in [0.05, 0.1) is 16.7 Å². The predicted molar refractivity (Wildman–Crippen MR) is 123 cm³/mol. The van der Waals surface area contributed by atoms with E-state index in [0.717, 1.165) is 22.2 Å². The summed E-state index contributed by atoms with van der Waals surface area (Å²) in [7, 11) is 0. The molecule has 0 spiro atoms. The topological polar surface area (TPSA) is 76.5 Å². The van der Waals surface area contributed by atoms with Crippen LogP contribution >= 0.6 is 11.8 Å². The quantitative estimate of drug-likeness (QED) is 0.411. The summed E-state index contributed by atoms with van der Waals surface area (Å²) in [5.74, 6) is 1.85. The minimum Gasteiger partial charge on any atom is -0.309 e. The van der Waals surface area contributed by atoms with Gasteiger partial charge in [0.25, 0.3) is 5.56 Å². The van der Waals surface area contributed by atoms with Crippen LogP contribution in [0.3, 0.4) is 0 Å². The van der Waals surface area contributed by atoms with Gasteiger partial charge in [-0.05, 0) is 31.2 Å². The van der Waals surface area contributed by atoms with Crippen molar-refractivity contribution in [1.29, 1.82) is 0 Å². The number of para-hydroxylation sites is 1. The summed E-state index contributed by atoms with van der Waals surface area (Å²) in [6.07, 6.45) is 0. The number of nitrogens with one attached hydrogen (secondary N) is 1. The SMILES string of the molecule is Cc1ccc(-n2c(SCc3nc4ccccc4c(=O)[nH]3)nnc2-c2ccccc2)cc1. The Labute approximate surface area is 183 Å². The normalized spacial score (nSPS) is 11.1. The third kappa shape index (κ3) is 3.87. The average molecular weight is 426 g/mol. The van der Waals surface area contributed by atoms with Crippen molar-refractivity contribution in [2.45, 2.75) is 17.8 Å². The number of nitrogens with zero attached hydrogens (tertiary/aromatic N) is 4. The molecule has 2 heterocycles. The molecule has 0 bridgehead atoms. The molecule has 0 aliphatic heterocycles. The Morgan fingerprint density at radius 2 is 1.65 bits per heavy atom. The average Bonchev–Trinajstić information content (AvgIpc) is 3.23. The zero-order valence-corrected chi connectivity index (χ0v) is 17.6. The van der Waals surface area contributed by atoms with Crippen molar-refractivity contribution in [3.63, 3.8) is 0 Å².